The largest absolute Gasteiger partial charge is 0.437 e. The Morgan fingerprint density at radius 3 is 2.24 bits per heavy atom. The van der Waals surface area contributed by atoms with E-state index in [1.54, 1.807) is 36.5 Å². The van der Waals surface area contributed by atoms with Gasteiger partial charge in [0.05, 0.1) is 4.90 Å². The maximum atomic E-state index is 13.2. The Morgan fingerprint density at radius 1 is 0.788 bits per heavy atom. The Kier molecular flexibility index (Phi) is 6.20. The van der Waals surface area contributed by atoms with Gasteiger partial charge in [-0.05, 0) is 46.9 Å². The molecule has 33 heavy (non-hydrogen) atoms. The summed E-state index contributed by atoms with van der Waals surface area (Å²) in [5.74, 6) is 0.826. The maximum absolute atomic E-state index is 13.2. The normalized spacial score (nSPS) is 11.7. The number of rotatable bonds is 6. The summed E-state index contributed by atoms with van der Waals surface area (Å²) in [5.41, 5.74) is 2.88. The minimum atomic E-state index is -3.87. The molecule has 168 valence electrons. The van der Waals surface area contributed by atoms with E-state index in [1.165, 1.54) is 0 Å². The van der Waals surface area contributed by atoms with Crippen molar-refractivity contribution in [2.75, 3.05) is 4.72 Å². The lowest BCUT2D eigenvalue weighted by Gasteiger charge is -2.22. The molecule has 0 aliphatic rings. The summed E-state index contributed by atoms with van der Waals surface area (Å²) in [7, 11) is -3.87. The van der Waals surface area contributed by atoms with E-state index in [-0.39, 0.29) is 21.9 Å². The molecule has 0 atom stereocenters. The van der Waals surface area contributed by atoms with E-state index >= 15 is 0 Å². The zero-order valence-electron chi connectivity index (χ0n) is 18.8. The number of hydrogen-bond acceptors (Lipinski definition) is 4. The van der Waals surface area contributed by atoms with Crippen LogP contribution in [0.5, 0.6) is 11.6 Å². The lowest BCUT2D eigenvalue weighted by Crippen LogP contribution is -2.15. The van der Waals surface area contributed by atoms with Gasteiger partial charge < -0.3 is 4.74 Å². The Labute approximate surface area is 195 Å². The van der Waals surface area contributed by atoms with Crippen molar-refractivity contribution in [1.82, 2.24) is 4.98 Å². The molecule has 1 heterocycles. The molecule has 0 amide bonds. The first-order valence-corrected chi connectivity index (χ1v) is 12.1. The minimum Gasteiger partial charge on any atom is -0.437 e. The smallest absolute Gasteiger partial charge is 0.262 e. The highest BCUT2D eigenvalue weighted by Crippen LogP contribution is 2.36. The standard InChI is InChI=1S/C27H26N2O3S/c1-27(2,3)23-15-7-8-17-25(23)32-26-24(16-10-18-28-26)29-33(30,31)22-14-9-13-21(19-22)20-11-5-4-6-12-20/h4-19,29H,1-3H3. The van der Waals surface area contributed by atoms with Crippen molar-refractivity contribution in [3.05, 3.63) is 103 Å². The van der Waals surface area contributed by atoms with Gasteiger partial charge in [0.1, 0.15) is 11.4 Å². The second kappa shape index (κ2) is 9.08. The number of nitrogens with zero attached hydrogens (tertiary/aromatic N) is 1. The fraction of sp³-hybridized carbons (Fsp3) is 0.148. The molecule has 0 spiro atoms. The summed E-state index contributed by atoms with van der Waals surface area (Å²) < 4.78 is 35.2. The molecule has 4 aromatic rings. The van der Waals surface area contributed by atoms with Gasteiger partial charge in [-0.1, -0.05) is 81.4 Å². The highest BCUT2D eigenvalue weighted by Gasteiger charge is 2.22. The van der Waals surface area contributed by atoms with Crippen LogP contribution >= 0.6 is 0 Å². The number of nitrogens with one attached hydrogen (secondary N) is 1. The van der Waals surface area contributed by atoms with Crippen LogP contribution in [0, 0.1) is 0 Å². The van der Waals surface area contributed by atoms with Crippen molar-refractivity contribution in [2.24, 2.45) is 0 Å². The molecule has 1 aromatic heterocycles. The van der Waals surface area contributed by atoms with Crippen LogP contribution in [-0.4, -0.2) is 13.4 Å². The summed E-state index contributed by atoms with van der Waals surface area (Å²) in [6, 6.07) is 27.5. The van der Waals surface area contributed by atoms with Crippen molar-refractivity contribution < 1.29 is 13.2 Å². The van der Waals surface area contributed by atoms with E-state index in [4.69, 9.17) is 4.74 Å². The Bertz CT molecular complexity index is 1360. The van der Waals surface area contributed by atoms with E-state index in [0.29, 0.717) is 5.75 Å². The monoisotopic (exact) mass is 458 g/mol. The van der Waals surface area contributed by atoms with Crippen molar-refractivity contribution in [1.29, 1.82) is 0 Å². The Balaban J connectivity index is 1.65. The van der Waals surface area contributed by atoms with Gasteiger partial charge in [-0.2, -0.15) is 0 Å². The fourth-order valence-corrected chi connectivity index (χ4v) is 4.61. The van der Waals surface area contributed by atoms with Crippen LogP contribution in [0.25, 0.3) is 11.1 Å². The summed E-state index contributed by atoms with van der Waals surface area (Å²) >= 11 is 0. The predicted octanol–water partition coefficient (Wildman–Crippen LogP) is 6.64. The van der Waals surface area contributed by atoms with Gasteiger partial charge in [0.15, 0.2) is 0 Å². The van der Waals surface area contributed by atoms with E-state index in [1.807, 2.05) is 60.7 Å². The first kappa shape index (κ1) is 22.6. The SMILES string of the molecule is CC(C)(C)c1ccccc1Oc1ncccc1NS(=O)(=O)c1cccc(-c2ccccc2)c1. The summed E-state index contributed by atoms with van der Waals surface area (Å²) in [5, 5.41) is 0. The average Bonchev–Trinajstić information content (AvgIpc) is 2.80. The minimum absolute atomic E-state index is 0.150. The van der Waals surface area contributed by atoms with E-state index < -0.39 is 10.0 Å². The summed E-state index contributed by atoms with van der Waals surface area (Å²) in [6.45, 7) is 6.28. The maximum Gasteiger partial charge on any atom is 0.262 e. The average molecular weight is 459 g/mol. The summed E-state index contributed by atoms with van der Waals surface area (Å²) in [4.78, 5) is 4.45. The molecule has 0 aliphatic carbocycles. The van der Waals surface area contributed by atoms with E-state index in [0.717, 1.165) is 16.7 Å². The molecule has 3 aromatic carbocycles. The molecule has 0 unspecified atom stereocenters. The Morgan fingerprint density at radius 2 is 1.48 bits per heavy atom. The lowest BCUT2D eigenvalue weighted by atomic mass is 9.86. The molecule has 0 saturated heterocycles. The molecule has 5 nitrogen and oxygen atoms in total. The van der Waals surface area contributed by atoms with Gasteiger partial charge >= 0.3 is 0 Å². The first-order chi connectivity index (χ1) is 15.7. The number of aromatic nitrogens is 1. The van der Waals surface area contributed by atoms with Crippen molar-refractivity contribution in [3.63, 3.8) is 0 Å². The van der Waals surface area contributed by atoms with Crippen molar-refractivity contribution in [2.45, 2.75) is 31.1 Å². The lowest BCUT2D eigenvalue weighted by molar-refractivity contribution is 0.442. The molecule has 0 bridgehead atoms. The van der Waals surface area contributed by atoms with Gasteiger partial charge in [0, 0.05) is 11.8 Å². The molecule has 0 saturated carbocycles. The third kappa shape index (κ3) is 5.23. The van der Waals surface area contributed by atoms with Crippen molar-refractivity contribution in [3.8, 4) is 22.8 Å². The number of ether oxygens (including phenoxy) is 1. The summed E-state index contributed by atoms with van der Waals surface area (Å²) in [6.07, 6.45) is 1.57. The van der Waals surface area contributed by atoms with Crippen molar-refractivity contribution >= 4 is 15.7 Å². The highest BCUT2D eigenvalue weighted by molar-refractivity contribution is 7.92. The number of sulfonamides is 1. The van der Waals surface area contributed by atoms with E-state index in [9.17, 15) is 8.42 Å². The fourth-order valence-electron chi connectivity index (χ4n) is 3.51. The molecular weight excluding hydrogens is 432 g/mol. The number of anilines is 1. The second-order valence-corrected chi connectivity index (χ2v) is 10.4. The van der Waals surface area contributed by atoms with Gasteiger partial charge in [-0.3, -0.25) is 4.72 Å². The number of benzene rings is 3. The predicted molar refractivity (Wildman–Crippen MR) is 132 cm³/mol. The molecule has 0 fully saturated rings. The van der Waals surface area contributed by atoms with Gasteiger partial charge in [0.25, 0.3) is 10.0 Å². The van der Waals surface area contributed by atoms with Crippen LogP contribution in [0.2, 0.25) is 0 Å². The Hall–Kier alpha value is -3.64. The van der Waals surface area contributed by atoms with Gasteiger partial charge in [0.2, 0.25) is 5.88 Å². The molecule has 6 heteroatoms. The van der Waals surface area contributed by atoms with Crippen LogP contribution < -0.4 is 9.46 Å². The van der Waals surface area contributed by atoms with Crippen LogP contribution in [0.1, 0.15) is 26.3 Å². The highest BCUT2D eigenvalue weighted by atomic mass is 32.2. The molecular formula is C27H26N2O3S. The van der Waals surface area contributed by atoms with Crippen LogP contribution in [-0.2, 0) is 15.4 Å². The zero-order valence-corrected chi connectivity index (χ0v) is 19.6. The number of hydrogen-bond donors (Lipinski definition) is 1. The van der Waals surface area contributed by atoms with Crippen LogP contribution in [0.4, 0.5) is 5.69 Å². The quantitative estimate of drug-likeness (QED) is 0.352. The third-order valence-electron chi connectivity index (χ3n) is 5.17. The molecule has 0 aliphatic heterocycles. The molecule has 0 radical (unpaired) electrons. The van der Waals surface area contributed by atoms with E-state index in [2.05, 4.69) is 30.5 Å². The zero-order chi connectivity index (χ0) is 23.5. The number of pyridine rings is 1. The molecule has 1 N–H and O–H groups in total. The second-order valence-electron chi connectivity index (χ2n) is 8.70. The van der Waals surface area contributed by atoms with Gasteiger partial charge in [-0.15, -0.1) is 0 Å². The number of para-hydroxylation sites is 1. The molecule has 4 rings (SSSR count). The first-order valence-electron chi connectivity index (χ1n) is 10.6. The van der Waals surface area contributed by atoms with Crippen LogP contribution in [0.15, 0.2) is 102 Å². The third-order valence-corrected chi connectivity index (χ3v) is 6.53. The topological polar surface area (TPSA) is 68.3 Å². The van der Waals surface area contributed by atoms with Gasteiger partial charge in [-0.25, -0.2) is 13.4 Å². The van der Waals surface area contributed by atoms with Crippen LogP contribution in [0.3, 0.4) is 0 Å².